The number of rotatable bonds is 4. The normalized spacial score (nSPS) is 13.9. The predicted octanol–water partition coefficient (Wildman–Crippen LogP) is 1.62. The van der Waals surface area contributed by atoms with E-state index in [9.17, 15) is 9.59 Å². The maximum atomic E-state index is 12.2. The molecule has 3 aromatic rings. The summed E-state index contributed by atoms with van der Waals surface area (Å²) >= 11 is 0. The molecule has 1 aliphatic carbocycles. The molecule has 1 aromatic carbocycles. The predicted molar refractivity (Wildman–Crippen MR) is 83.2 cm³/mol. The van der Waals surface area contributed by atoms with Gasteiger partial charge >= 0.3 is 5.69 Å². The number of anilines is 1. The summed E-state index contributed by atoms with van der Waals surface area (Å²) in [5.74, 6) is 0.659. The number of aromatic nitrogens is 5. The Hall–Kier alpha value is -3.16. The molecule has 2 aromatic heterocycles. The Morgan fingerprint density at radius 1 is 1.17 bits per heavy atom. The fraction of sp³-hybridized carbons (Fsp3) is 0.200. The number of carbonyl (C=O) groups excluding carboxylic acids is 1. The van der Waals surface area contributed by atoms with Crippen LogP contribution in [0.15, 0.2) is 35.1 Å². The molecule has 116 valence electrons. The Morgan fingerprint density at radius 3 is 2.78 bits per heavy atom. The average molecular weight is 310 g/mol. The molecule has 1 fully saturated rings. The van der Waals surface area contributed by atoms with E-state index < -0.39 is 0 Å². The number of carbonyl (C=O) groups is 1. The molecule has 23 heavy (non-hydrogen) atoms. The second-order valence-corrected chi connectivity index (χ2v) is 5.54. The summed E-state index contributed by atoms with van der Waals surface area (Å²) in [6.07, 6.45) is 2.29. The van der Waals surface area contributed by atoms with Crippen molar-refractivity contribution in [1.29, 1.82) is 0 Å². The summed E-state index contributed by atoms with van der Waals surface area (Å²) in [6, 6.07) is 8.86. The van der Waals surface area contributed by atoms with E-state index in [0.717, 1.165) is 18.5 Å². The molecule has 0 saturated heterocycles. The third-order valence-corrected chi connectivity index (χ3v) is 3.74. The summed E-state index contributed by atoms with van der Waals surface area (Å²) in [5.41, 5.74) is 2.30. The molecule has 8 heteroatoms. The van der Waals surface area contributed by atoms with Crippen molar-refractivity contribution in [2.75, 3.05) is 5.32 Å². The van der Waals surface area contributed by atoms with E-state index in [1.54, 1.807) is 30.3 Å². The minimum absolute atomic E-state index is 0.277. The van der Waals surface area contributed by atoms with Crippen LogP contribution in [0.25, 0.3) is 11.4 Å². The smallest absolute Gasteiger partial charge is 0.321 e. The third-order valence-electron chi connectivity index (χ3n) is 3.74. The first-order valence-electron chi connectivity index (χ1n) is 7.31. The number of aromatic amines is 3. The van der Waals surface area contributed by atoms with Gasteiger partial charge in [-0.15, -0.1) is 0 Å². The van der Waals surface area contributed by atoms with Crippen LogP contribution in [0.4, 0.5) is 5.69 Å². The third kappa shape index (κ3) is 2.78. The van der Waals surface area contributed by atoms with E-state index in [4.69, 9.17) is 0 Å². The van der Waals surface area contributed by atoms with Crippen LogP contribution in [0.5, 0.6) is 0 Å². The van der Waals surface area contributed by atoms with Crippen LogP contribution >= 0.6 is 0 Å². The monoisotopic (exact) mass is 310 g/mol. The molecule has 0 unspecified atom stereocenters. The van der Waals surface area contributed by atoms with Gasteiger partial charge in [0, 0.05) is 22.9 Å². The lowest BCUT2D eigenvalue weighted by Crippen LogP contribution is -2.12. The zero-order chi connectivity index (χ0) is 15.8. The number of nitrogens with one attached hydrogen (secondary N) is 4. The second kappa shape index (κ2) is 5.24. The lowest BCUT2D eigenvalue weighted by Gasteiger charge is -2.04. The molecule has 8 nitrogen and oxygen atoms in total. The Bertz CT molecular complexity index is 918. The fourth-order valence-corrected chi connectivity index (χ4v) is 2.40. The van der Waals surface area contributed by atoms with Crippen LogP contribution in [0.1, 0.15) is 34.9 Å². The van der Waals surface area contributed by atoms with E-state index >= 15 is 0 Å². The van der Waals surface area contributed by atoms with Crippen molar-refractivity contribution in [3.05, 3.63) is 52.2 Å². The van der Waals surface area contributed by atoms with E-state index in [-0.39, 0.29) is 11.6 Å². The van der Waals surface area contributed by atoms with Gasteiger partial charge in [-0.05, 0) is 31.0 Å². The maximum Gasteiger partial charge on any atom is 0.340 e. The van der Waals surface area contributed by atoms with Crippen molar-refractivity contribution < 1.29 is 4.79 Å². The number of hydrogen-bond acceptors (Lipinski definition) is 4. The minimum Gasteiger partial charge on any atom is -0.321 e. The van der Waals surface area contributed by atoms with E-state index in [0.29, 0.717) is 28.7 Å². The quantitative estimate of drug-likeness (QED) is 0.585. The van der Waals surface area contributed by atoms with Gasteiger partial charge in [-0.1, -0.05) is 12.1 Å². The summed E-state index contributed by atoms with van der Waals surface area (Å²) < 4.78 is 0. The first-order valence-corrected chi connectivity index (χ1v) is 7.31. The zero-order valence-corrected chi connectivity index (χ0v) is 12.1. The van der Waals surface area contributed by atoms with Crippen LogP contribution in [0.2, 0.25) is 0 Å². The van der Waals surface area contributed by atoms with E-state index in [1.807, 2.05) is 0 Å². The first kappa shape index (κ1) is 13.5. The van der Waals surface area contributed by atoms with E-state index in [1.165, 1.54) is 0 Å². The Balaban J connectivity index is 1.53. The average Bonchev–Trinajstić information content (AvgIpc) is 3.11. The van der Waals surface area contributed by atoms with Crippen molar-refractivity contribution in [3.8, 4) is 11.4 Å². The Kier molecular flexibility index (Phi) is 3.07. The summed E-state index contributed by atoms with van der Waals surface area (Å²) in [4.78, 5) is 25.9. The number of H-pyrrole nitrogens is 3. The first-order chi connectivity index (χ1) is 11.2. The van der Waals surface area contributed by atoms with Gasteiger partial charge in [0.2, 0.25) is 0 Å². The standard InChI is InChI=1S/C15H14N6O2/c22-14(12-7-11(18-19-12)8-4-5-8)16-10-3-1-2-9(6-10)13-17-15(23)21-20-13/h1-3,6-8H,4-5H2,(H,16,22)(H,18,19)(H2,17,20,21,23). The number of hydrogen-bond donors (Lipinski definition) is 4. The molecule has 4 rings (SSSR count). The van der Waals surface area contributed by atoms with Crippen molar-refractivity contribution >= 4 is 11.6 Å². The van der Waals surface area contributed by atoms with Gasteiger partial charge < -0.3 is 5.32 Å². The minimum atomic E-state index is -0.376. The van der Waals surface area contributed by atoms with Crippen molar-refractivity contribution in [2.45, 2.75) is 18.8 Å². The SMILES string of the molecule is O=C(Nc1cccc(-c2n[nH]c(=O)[nH]2)c1)c1cc(C2CC2)[nH]n1. The molecule has 0 bridgehead atoms. The molecule has 1 aliphatic rings. The molecular weight excluding hydrogens is 296 g/mol. The molecular formula is C15H14N6O2. The number of benzene rings is 1. The lowest BCUT2D eigenvalue weighted by atomic mass is 10.2. The number of amides is 1. The van der Waals surface area contributed by atoms with Crippen molar-refractivity contribution in [2.24, 2.45) is 0 Å². The van der Waals surface area contributed by atoms with Gasteiger partial charge in [-0.2, -0.15) is 10.2 Å². The van der Waals surface area contributed by atoms with Gasteiger partial charge in [0.15, 0.2) is 11.5 Å². The van der Waals surface area contributed by atoms with Crippen LogP contribution in [0.3, 0.4) is 0 Å². The number of nitrogens with zero attached hydrogens (tertiary/aromatic N) is 2. The van der Waals surface area contributed by atoms with Crippen molar-refractivity contribution in [1.82, 2.24) is 25.4 Å². The topological polar surface area (TPSA) is 119 Å². The molecule has 0 aliphatic heterocycles. The molecule has 0 atom stereocenters. The molecule has 2 heterocycles. The van der Waals surface area contributed by atoms with Crippen LogP contribution in [-0.2, 0) is 0 Å². The highest BCUT2D eigenvalue weighted by molar-refractivity contribution is 6.03. The lowest BCUT2D eigenvalue weighted by molar-refractivity contribution is 0.102. The van der Waals surface area contributed by atoms with Gasteiger partial charge in [0.1, 0.15) is 0 Å². The van der Waals surface area contributed by atoms with Crippen LogP contribution < -0.4 is 11.0 Å². The maximum absolute atomic E-state index is 12.2. The highest BCUT2D eigenvalue weighted by atomic mass is 16.2. The van der Waals surface area contributed by atoms with Gasteiger partial charge in [0.25, 0.3) is 5.91 Å². The molecule has 0 radical (unpaired) electrons. The highest BCUT2D eigenvalue weighted by Gasteiger charge is 2.26. The van der Waals surface area contributed by atoms with Crippen LogP contribution in [0, 0.1) is 0 Å². The summed E-state index contributed by atoms with van der Waals surface area (Å²) in [6.45, 7) is 0. The highest BCUT2D eigenvalue weighted by Crippen LogP contribution is 2.39. The zero-order valence-electron chi connectivity index (χ0n) is 12.1. The molecule has 1 saturated carbocycles. The van der Waals surface area contributed by atoms with Gasteiger partial charge in [-0.25, -0.2) is 9.89 Å². The van der Waals surface area contributed by atoms with Crippen LogP contribution in [-0.4, -0.2) is 31.3 Å². The van der Waals surface area contributed by atoms with Crippen molar-refractivity contribution in [3.63, 3.8) is 0 Å². The molecule has 1 amide bonds. The second-order valence-electron chi connectivity index (χ2n) is 5.54. The Labute approximate surface area is 130 Å². The van der Waals surface area contributed by atoms with E-state index in [2.05, 4.69) is 30.7 Å². The summed E-state index contributed by atoms with van der Waals surface area (Å²) in [5, 5.41) is 15.9. The largest absolute Gasteiger partial charge is 0.340 e. The Morgan fingerprint density at radius 2 is 2.04 bits per heavy atom. The molecule has 0 spiro atoms. The fourth-order valence-electron chi connectivity index (χ4n) is 2.40. The molecule has 4 N–H and O–H groups in total. The van der Waals surface area contributed by atoms with Gasteiger partial charge in [0.05, 0.1) is 0 Å². The van der Waals surface area contributed by atoms with Gasteiger partial charge in [-0.3, -0.25) is 14.9 Å². The summed E-state index contributed by atoms with van der Waals surface area (Å²) in [7, 11) is 0.